The third kappa shape index (κ3) is 4.12. The molecule has 0 saturated carbocycles. The number of aryl methyl sites for hydroxylation is 2. The molecule has 0 aliphatic heterocycles. The van der Waals surface area contributed by atoms with Gasteiger partial charge in [-0.25, -0.2) is 4.68 Å². The number of rotatable bonds is 4. The van der Waals surface area contributed by atoms with Crippen molar-refractivity contribution < 1.29 is 18.1 Å². The Labute approximate surface area is 171 Å². The van der Waals surface area contributed by atoms with Gasteiger partial charge < -0.3 is 5.11 Å². The maximum absolute atomic E-state index is 11.4. The molecule has 9 nitrogen and oxygen atoms in total. The van der Waals surface area contributed by atoms with Gasteiger partial charge in [-0.2, -0.15) is 18.8 Å². The number of phenols is 1. The van der Waals surface area contributed by atoms with Crippen LogP contribution in [-0.2, 0) is 10.1 Å². The quantitative estimate of drug-likeness (QED) is 0.463. The molecule has 2 N–H and O–H groups in total. The van der Waals surface area contributed by atoms with Crippen LogP contribution < -0.4 is 0 Å². The van der Waals surface area contributed by atoms with Crippen molar-refractivity contribution in [2.45, 2.75) is 18.7 Å². The summed E-state index contributed by atoms with van der Waals surface area (Å²) in [7, 11) is -4.42. The maximum atomic E-state index is 11.4. The smallest absolute Gasteiger partial charge is 0.294 e. The van der Waals surface area contributed by atoms with Gasteiger partial charge in [0.1, 0.15) is 17.4 Å². The Balaban J connectivity index is 2.15. The lowest BCUT2D eigenvalue weighted by Gasteiger charge is -2.06. The molecule has 0 aliphatic carbocycles. The van der Waals surface area contributed by atoms with Crippen LogP contribution >= 0.6 is 11.6 Å². The van der Waals surface area contributed by atoms with Crippen LogP contribution in [0.25, 0.3) is 5.69 Å². The highest BCUT2D eigenvalue weighted by Gasteiger charge is 2.18. The van der Waals surface area contributed by atoms with Crippen molar-refractivity contribution >= 4 is 33.2 Å². The van der Waals surface area contributed by atoms with Crippen LogP contribution in [0.3, 0.4) is 0 Å². The Kier molecular flexibility index (Phi) is 5.39. The minimum Gasteiger partial charge on any atom is -0.506 e. The monoisotopic (exact) mass is 431 g/mol. The van der Waals surface area contributed by atoms with Gasteiger partial charge in [0.25, 0.3) is 10.1 Å². The molecule has 11 heteroatoms. The number of benzene rings is 2. The number of aromatic nitrogens is 2. The topological polar surface area (TPSA) is 141 Å². The van der Waals surface area contributed by atoms with Crippen molar-refractivity contribution in [1.82, 2.24) is 9.78 Å². The SMILES string of the molecule is Cc1cc(N=Nc2c(C#N)c(C)nn2-c2cccc(S(=O)(=O)O)c2)cc(Cl)c1O. The molecule has 0 bridgehead atoms. The van der Waals surface area contributed by atoms with Gasteiger partial charge in [-0.1, -0.05) is 17.7 Å². The first-order valence-electron chi connectivity index (χ1n) is 8.10. The summed E-state index contributed by atoms with van der Waals surface area (Å²) in [6.45, 7) is 3.25. The fourth-order valence-electron chi connectivity index (χ4n) is 2.58. The number of nitriles is 1. The predicted octanol–water partition coefficient (Wildman–Crippen LogP) is 4.38. The number of nitrogens with zero attached hydrogens (tertiary/aromatic N) is 5. The van der Waals surface area contributed by atoms with E-state index in [1.54, 1.807) is 26.0 Å². The van der Waals surface area contributed by atoms with E-state index >= 15 is 0 Å². The summed E-state index contributed by atoms with van der Waals surface area (Å²) in [4.78, 5) is -0.328. The minimum absolute atomic E-state index is 0.0637. The summed E-state index contributed by atoms with van der Waals surface area (Å²) in [5, 5.41) is 31.7. The van der Waals surface area contributed by atoms with Gasteiger partial charge >= 0.3 is 0 Å². The fourth-order valence-corrected chi connectivity index (χ4v) is 3.36. The van der Waals surface area contributed by atoms with Gasteiger partial charge in [-0.3, -0.25) is 4.55 Å². The summed E-state index contributed by atoms with van der Waals surface area (Å²) < 4.78 is 33.4. The Morgan fingerprint density at radius 3 is 2.55 bits per heavy atom. The van der Waals surface area contributed by atoms with E-state index in [0.29, 0.717) is 16.9 Å². The van der Waals surface area contributed by atoms with Crippen LogP contribution in [-0.4, -0.2) is 27.9 Å². The third-order valence-corrected chi connectivity index (χ3v) is 5.14. The first-order valence-corrected chi connectivity index (χ1v) is 9.92. The Bertz CT molecular complexity index is 1270. The Morgan fingerprint density at radius 2 is 1.93 bits per heavy atom. The predicted molar refractivity (Wildman–Crippen MR) is 105 cm³/mol. The average Bonchev–Trinajstić information content (AvgIpc) is 2.99. The van der Waals surface area contributed by atoms with E-state index in [4.69, 9.17) is 11.6 Å². The molecule has 3 rings (SSSR count). The number of hydrogen-bond acceptors (Lipinski definition) is 7. The van der Waals surface area contributed by atoms with E-state index in [2.05, 4.69) is 15.3 Å². The molecule has 0 aliphatic rings. The summed E-state index contributed by atoms with van der Waals surface area (Å²) in [6, 6.07) is 10.4. The highest BCUT2D eigenvalue weighted by Crippen LogP contribution is 2.33. The first kappa shape index (κ1) is 20.5. The molecule has 2 aromatic carbocycles. The number of phenolic OH excluding ortho intramolecular Hbond substituents is 1. The molecule has 0 radical (unpaired) electrons. The van der Waals surface area contributed by atoms with Crippen molar-refractivity contribution in [3.8, 4) is 17.5 Å². The average molecular weight is 432 g/mol. The van der Waals surface area contributed by atoms with Crippen LogP contribution in [0.4, 0.5) is 11.5 Å². The molecular weight excluding hydrogens is 418 g/mol. The molecule has 0 unspecified atom stereocenters. The van der Waals surface area contributed by atoms with Crippen LogP contribution in [0.15, 0.2) is 51.5 Å². The standard InChI is InChI=1S/C18H14ClN5O4S/c1-10-6-12(7-16(19)17(10)25)21-22-18-15(9-20)11(2)23-24(18)13-4-3-5-14(8-13)29(26,27)28/h3-8,25H,1-2H3,(H,26,27,28). The zero-order valence-corrected chi connectivity index (χ0v) is 16.8. The lowest BCUT2D eigenvalue weighted by molar-refractivity contribution is 0.471. The van der Waals surface area contributed by atoms with E-state index in [1.165, 1.54) is 28.9 Å². The molecule has 1 heterocycles. The van der Waals surface area contributed by atoms with Gasteiger partial charge in [0.15, 0.2) is 5.82 Å². The molecular formula is C18H14ClN5O4S. The van der Waals surface area contributed by atoms with Crippen molar-refractivity contribution in [2.24, 2.45) is 10.2 Å². The van der Waals surface area contributed by atoms with Gasteiger partial charge in [0.2, 0.25) is 0 Å². The summed E-state index contributed by atoms with van der Waals surface area (Å²) in [5.41, 5.74) is 1.61. The van der Waals surface area contributed by atoms with Gasteiger partial charge in [-0.05, 0) is 49.7 Å². The largest absolute Gasteiger partial charge is 0.506 e. The van der Waals surface area contributed by atoms with Crippen molar-refractivity contribution in [3.05, 3.63) is 58.2 Å². The number of aromatic hydroxyl groups is 1. The number of hydrogen-bond donors (Lipinski definition) is 2. The van der Waals surface area contributed by atoms with Gasteiger partial charge in [0.05, 0.1) is 27.0 Å². The molecule has 29 heavy (non-hydrogen) atoms. The van der Waals surface area contributed by atoms with Gasteiger partial charge in [-0.15, -0.1) is 10.2 Å². The van der Waals surface area contributed by atoms with Crippen molar-refractivity contribution in [2.75, 3.05) is 0 Å². The van der Waals surface area contributed by atoms with Crippen LogP contribution in [0.1, 0.15) is 16.8 Å². The zero-order chi connectivity index (χ0) is 21.3. The van der Waals surface area contributed by atoms with E-state index in [9.17, 15) is 23.3 Å². The summed E-state index contributed by atoms with van der Waals surface area (Å²) in [5.74, 6) is 0.00517. The molecule has 0 spiro atoms. The maximum Gasteiger partial charge on any atom is 0.294 e. The van der Waals surface area contributed by atoms with Crippen molar-refractivity contribution in [3.63, 3.8) is 0 Å². The second-order valence-corrected chi connectivity index (χ2v) is 7.90. The molecule has 0 amide bonds. The van der Waals surface area contributed by atoms with Crippen LogP contribution in [0, 0.1) is 25.2 Å². The van der Waals surface area contributed by atoms with Gasteiger partial charge in [0, 0.05) is 0 Å². The molecule has 3 aromatic rings. The highest BCUT2D eigenvalue weighted by molar-refractivity contribution is 7.85. The highest BCUT2D eigenvalue weighted by atomic mass is 35.5. The zero-order valence-electron chi connectivity index (χ0n) is 15.2. The molecule has 148 valence electrons. The van der Waals surface area contributed by atoms with E-state index in [1.807, 2.05) is 6.07 Å². The van der Waals surface area contributed by atoms with E-state index in [0.717, 1.165) is 0 Å². The number of azo groups is 1. The lowest BCUT2D eigenvalue weighted by Crippen LogP contribution is -2.01. The van der Waals surface area contributed by atoms with Crippen LogP contribution in [0.5, 0.6) is 5.75 Å². The molecule has 0 fully saturated rings. The summed E-state index contributed by atoms with van der Waals surface area (Å²) >= 11 is 5.95. The minimum atomic E-state index is -4.42. The van der Waals surface area contributed by atoms with E-state index < -0.39 is 10.1 Å². The Morgan fingerprint density at radius 1 is 1.21 bits per heavy atom. The second kappa shape index (κ2) is 7.63. The molecule has 0 atom stereocenters. The summed E-state index contributed by atoms with van der Waals surface area (Å²) in [6.07, 6.45) is 0. The lowest BCUT2D eigenvalue weighted by atomic mass is 10.2. The molecule has 0 saturated heterocycles. The molecule has 1 aromatic heterocycles. The normalized spacial score (nSPS) is 11.7. The number of halogens is 1. The van der Waals surface area contributed by atoms with Crippen LogP contribution in [0.2, 0.25) is 5.02 Å². The Hall–Kier alpha value is -3.26. The third-order valence-electron chi connectivity index (χ3n) is 4.01. The van der Waals surface area contributed by atoms with E-state index in [-0.39, 0.29) is 32.7 Å². The second-order valence-electron chi connectivity index (χ2n) is 6.07. The fraction of sp³-hybridized carbons (Fsp3) is 0.111. The first-order chi connectivity index (χ1) is 13.6. The van der Waals surface area contributed by atoms with Crippen molar-refractivity contribution in [1.29, 1.82) is 5.26 Å².